The van der Waals surface area contributed by atoms with E-state index in [9.17, 15) is 4.79 Å². The van der Waals surface area contributed by atoms with E-state index in [1.165, 1.54) is 13.3 Å². The molecule has 0 aliphatic carbocycles. The average molecular weight is 287 g/mol. The van der Waals surface area contributed by atoms with Crippen molar-refractivity contribution in [2.45, 2.75) is 26.8 Å². The van der Waals surface area contributed by atoms with Crippen molar-refractivity contribution in [3.8, 4) is 6.01 Å². The maximum absolute atomic E-state index is 12.1. The summed E-state index contributed by atoms with van der Waals surface area (Å²) in [6.07, 6.45) is 1.43. The number of ether oxygens (including phenoxy) is 1. The van der Waals surface area contributed by atoms with E-state index in [1.807, 2.05) is 13.8 Å². The van der Waals surface area contributed by atoms with Crippen molar-refractivity contribution in [2.24, 2.45) is 0 Å². The van der Waals surface area contributed by atoms with Crippen LogP contribution in [-0.4, -0.2) is 47.0 Å². The average Bonchev–Trinajstić information content (AvgIpc) is 2.42. The molecule has 7 heteroatoms. The monoisotopic (exact) mass is 286 g/mol. The van der Waals surface area contributed by atoms with Crippen LogP contribution in [0.4, 0.5) is 5.82 Å². The fourth-order valence-corrected chi connectivity index (χ4v) is 1.77. The molecule has 0 fully saturated rings. The SMILES string of the molecule is CCN(CC)C(=O)C(C)Nc1nc(OC)ncc1Cl. The van der Waals surface area contributed by atoms with Gasteiger partial charge in [0.25, 0.3) is 0 Å². The first-order valence-corrected chi connectivity index (χ1v) is 6.53. The van der Waals surface area contributed by atoms with Crippen LogP contribution in [0.3, 0.4) is 0 Å². The smallest absolute Gasteiger partial charge is 0.318 e. The molecule has 106 valence electrons. The fourth-order valence-electron chi connectivity index (χ4n) is 1.63. The predicted molar refractivity (Wildman–Crippen MR) is 74.6 cm³/mol. The summed E-state index contributed by atoms with van der Waals surface area (Å²) < 4.78 is 4.93. The first-order valence-electron chi connectivity index (χ1n) is 6.15. The highest BCUT2D eigenvalue weighted by Gasteiger charge is 2.19. The summed E-state index contributed by atoms with van der Waals surface area (Å²) in [6, 6.07) is -0.216. The molecule has 1 aromatic heterocycles. The van der Waals surface area contributed by atoms with Crippen molar-refractivity contribution < 1.29 is 9.53 Å². The molecule has 19 heavy (non-hydrogen) atoms. The second-order valence-corrected chi connectivity index (χ2v) is 4.34. The Balaban J connectivity index is 2.81. The molecule has 0 aliphatic rings. The van der Waals surface area contributed by atoms with Crippen LogP contribution in [0.5, 0.6) is 6.01 Å². The number of methoxy groups -OCH3 is 1. The predicted octanol–water partition coefficient (Wildman–Crippen LogP) is 1.81. The molecule has 0 spiro atoms. The van der Waals surface area contributed by atoms with Gasteiger partial charge in [-0.1, -0.05) is 11.6 Å². The number of halogens is 1. The molecule has 1 N–H and O–H groups in total. The minimum atomic E-state index is -0.419. The van der Waals surface area contributed by atoms with E-state index in [4.69, 9.17) is 16.3 Å². The number of carbonyl (C=O) groups excluding carboxylic acids is 1. The Bertz CT molecular complexity index is 438. The quantitative estimate of drug-likeness (QED) is 0.864. The largest absolute Gasteiger partial charge is 0.467 e. The molecule has 0 bridgehead atoms. The molecule has 0 radical (unpaired) electrons. The van der Waals surface area contributed by atoms with E-state index in [0.29, 0.717) is 23.9 Å². The number of amides is 1. The molecule has 0 aliphatic heterocycles. The standard InChI is InChI=1S/C12H19ClN4O2/c1-5-17(6-2)11(18)8(3)15-10-9(13)7-14-12(16-10)19-4/h7-8H,5-6H2,1-4H3,(H,14,15,16). The van der Waals surface area contributed by atoms with Crippen LogP contribution in [0.1, 0.15) is 20.8 Å². The van der Waals surface area contributed by atoms with Gasteiger partial charge in [-0.25, -0.2) is 4.98 Å². The number of aromatic nitrogens is 2. The molecule has 0 saturated carbocycles. The maximum atomic E-state index is 12.1. The zero-order chi connectivity index (χ0) is 14.4. The van der Waals surface area contributed by atoms with Crippen molar-refractivity contribution in [3.63, 3.8) is 0 Å². The van der Waals surface area contributed by atoms with Gasteiger partial charge in [0.2, 0.25) is 5.91 Å². The molecular weight excluding hydrogens is 268 g/mol. The van der Waals surface area contributed by atoms with Gasteiger partial charge in [0.05, 0.1) is 13.3 Å². The molecule has 0 aromatic carbocycles. The zero-order valence-corrected chi connectivity index (χ0v) is 12.4. The van der Waals surface area contributed by atoms with Gasteiger partial charge < -0.3 is 15.0 Å². The summed E-state index contributed by atoms with van der Waals surface area (Å²) >= 11 is 5.98. The number of hydrogen-bond acceptors (Lipinski definition) is 5. The number of nitrogens with one attached hydrogen (secondary N) is 1. The Labute approximate surface area is 118 Å². The van der Waals surface area contributed by atoms with Crippen LogP contribution < -0.4 is 10.1 Å². The maximum Gasteiger partial charge on any atom is 0.318 e. The van der Waals surface area contributed by atoms with Gasteiger partial charge in [-0.2, -0.15) is 4.98 Å². The van der Waals surface area contributed by atoms with Crippen LogP contribution in [0.15, 0.2) is 6.20 Å². The number of carbonyl (C=O) groups is 1. The summed E-state index contributed by atoms with van der Waals surface area (Å²) in [4.78, 5) is 21.8. The van der Waals surface area contributed by atoms with Crippen LogP contribution in [-0.2, 0) is 4.79 Å². The third kappa shape index (κ3) is 3.96. The van der Waals surface area contributed by atoms with Crippen LogP contribution in [0, 0.1) is 0 Å². The Morgan fingerprint density at radius 3 is 2.68 bits per heavy atom. The number of anilines is 1. The summed E-state index contributed by atoms with van der Waals surface area (Å²) in [5.41, 5.74) is 0. The molecular formula is C12H19ClN4O2. The highest BCUT2D eigenvalue weighted by atomic mass is 35.5. The van der Waals surface area contributed by atoms with Gasteiger partial charge in [-0.3, -0.25) is 4.79 Å². The lowest BCUT2D eigenvalue weighted by Crippen LogP contribution is -2.41. The summed E-state index contributed by atoms with van der Waals surface area (Å²) in [5.74, 6) is 0.389. The first kappa shape index (κ1) is 15.5. The Hall–Kier alpha value is -1.56. The van der Waals surface area contributed by atoms with Crippen LogP contribution in [0.25, 0.3) is 0 Å². The fraction of sp³-hybridized carbons (Fsp3) is 0.583. The second kappa shape index (κ2) is 7.13. The van der Waals surface area contributed by atoms with Crippen LogP contribution >= 0.6 is 11.6 Å². The molecule has 1 amide bonds. The Morgan fingerprint density at radius 1 is 1.53 bits per heavy atom. The van der Waals surface area contributed by atoms with E-state index < -0.39 is 6.04 Å². The minimum Gasteiger partial charge on any atom is -0.467 e. The molecule has 1 atom stereocenters. The second-order valence-electron chi connectivity index (χ2n) is 3.93. The summed E-state index contributed by atoms with van der Waals surface area (Å²) in [6.45, 7) is 6.99. The van der Waals surface area contributed by atoms with Crippen molar-refractivity contribution in [1.29, 1.82) is 0 Å². The van der Waals surface area contributed by atoms with Crippen molar-refractivity contribution in [2.75, 3.05) is 25.5 Å². The van der Waals surface area contributed by atoms with E-state index in [-0.39, 0.29) is 11.9 Å². The Morgan fingerprint density at radius 2 is 2.16 bits per heavy atom. The highest BCUT2D eigenvalue weighted by Crippen LogP contribution is 2.21. The molecule has 1 heterocycles. The van der Waals surface area contributed by atoms with E-state index >= 15 is 0 Å². The van der Waals surface area contributed by atoms with Crippen LogP contribution in [0.2, 0.25) is 5.02 Å². The topological polar surface area (TPSA) is 67.4 Å². The number of likely N-dealkylation sites (N-methyl/N-ethyl adjacent to an activating group) is 1. The zero-order valence-electron chi connectivity index (χ0n) is 11.6. The van der Waals surface area contributed by atoms with Gasteiger partial charge in [-0.15, -0.1) is 0 Å². The highest BCUT2D eigenvalue weighted by molar-refractivity contribution is 6.32. The van der Waals surface area contributed by atoms with E-state index in [0.717, 1.165) is 0 Å². The van der Waals surface area contributed by atoms with Crippen molar-refractivity contribution >= 4 is 23.3 Å². The Kier molecular flexibility index (Phi) is 5.82. The van der Waals surface area contributed by atoms with Gasteiger partial charge >= 0.3 is 6.01 Å². The lowest BCUT2D eigenvalue weighted by atomic mass is 10.2. The van der Waals surface area contributed by atoms with Gasteiger partial charge in [-0.05, 0) is 20.8 Å². The number of hydrogen-bond donors (Lipinski definition) is 1. The lowest BCUT2D eigenvalue weighted by Gasteiger charge is -2.23. The van der Waals surface area contributed by atoms with Crippen molar-refractivity contribution in [1.82, 2.24) is 14.9 Å². The third-order valence-corrected chi connectivity index (χ3v) is 2.98. The molecule has 0 saturated heterocycles. The van der Waals surface area contributed by atoms with Gasteiger partial charge in [0.15, 0.2) is 5.82 Å². The number of rotatable bonds is 6. The van der Waals surface area contributed by atoms with Gasteiger partial charge in [0, 0.05) is 13.1 Å². The first-order chi connectivity index (χ1) is 9.03. The normalized spacial score (nSPS) is 11.8. The molecule has 1 unspecified atom stereocenters. The minimum absolute atomic E-state index is 0.00125. The number of nitrogens with zero attached hydrogens (tertiary/aromatic N) is 3. The molecule has 1 rings (SSSR count). The third-order valence-electron chi connectivity index (χ3n) is 2.70. The lowest BCUT2D eigenvalue weighted by molar-refractivity contribution is -0.131. The molecule has 1 aromatic rings. The van der Waals surface area contributed by atoms with E-state index in [1.54, 1.807) is 11.8 Å². The molecule has 6 nitrogen and oxygen atoms in total. The van der Waals surface area contributed by atoms with Crippen molar-refractivity contribution in [3.05, 3.63) is 11.2 Å². The summed E-state index contributed by atoms with van der Waals surface area (Å²) in [5, 5.41) is 3.33. The van der Waals surface area contributed by atoms with Gasteiger partial charge in [0.1, 0.15) is 11.1 Å². The van der Waals surface area contributed by atoms with E-state index in [2.05, 4.69) is 15.3 Å². The summed E-state index contributed by atoms with van der Waals surface area (Å²) in [7, 11) is 1.47.